The van der Waals surface area contributed by atoms with E-state index in [0.29, 0.717) is 28.5 Å². The Hall–Kier alpha value is -2.64. The van der Waals surface area contributed by atoms with Crippen molar-refractivity contribution >= 4 is 39.7 Å². The lowest BCUT2D eigenvalue weighted by Crippen LogP contribution is -1.99. The summed E-state index contributed by atoms with van der Waals surface area (Å²) in [6.45, 7) is 0. The topological polar surface area (TPSA) is 105 Å². The van der Waals surface area contributed by atoms with Gasteiger partial charge >= 0.3 is 0 Å². The van der Waals surface area contributed by atoms with Crippen molar-refractivity contribution in [1.82, 2.24) is 9.97 Å². The summed E-state index contributed by atoms with van der Waals surface area (Å²) >= 11 is 5.78. The first kappa shape index (κ1) is 16.7. The summed E-state index contributed by atoms with van der Waals surface area (Å²) in [6.07, 6.45) is 1.42. The largest absolute Gasteiger partial charge is 0.495 e. The van der Waals surface area contributed by atoms with Crippen LogP contribution < -0.4 is 15.8 Å². The molecule has 0 amide bonds. The van der Waals surface area contributed by atoms with Crippen LogP contribution in [0, 0.1) is 5.82 Å². The minimum atomic E-state index is -0.478. The highest BCUT2D eigenvalue weighted by molar-refractivity contribution is 6.31. The van der Waals surface area contributed by atoms with Gasteiger partial charge in [-0.3, -0.25) is 0 Å². The van der Waals surface area contributed by atoms with E-state index in [1.165, 1.54) is 18.5 Å². The Morgan fingerprint density at radius 2 is 2.00 bits per heavy atom. The quantitative estimate of drug-likeness (QED) is 0.715. The van der Waals surface area contributed by atoms with E-state index in [-0.39, 0.29) is 10.5 Å². The van der Waals surface area contributed by atoms with Crippen LogP contribution in [0.2, 0.25) is 5.02 Å². The maximum absolute atomic E-state index is 13.2. The summed E-state index contributed by atoms with van der Waals surface area (Å²) in [7, 11) is 1.54. The van der Waals surface area contributed by atoms with Gasteiger partial charge in [0.15, 0.2) is 0 Å². The van der Waals surface area contributed by atoms with Crippen LogP contribution in [0.4, 0.5) is 21.6 Å². The van der Waals surface area contributed by atoms with Crippen LogP contribution in [0.15, 0.2) is 36.7 Å². The number of nitrogens with two attached hydrogens (primary N) is 1. The van der Waals surface area contributed by atoms with Gasteiger partial charge in [0, 0.05) is 17.1 Å². The fourth-order valence-electron chi connectivity index (χ4n) is 2.09. The van der Waals surface area contributed by atoms with E-state index < -0.39 is 5.82 Å². The lowest BCUT2D eigenvalue weighted by molar-refractivity contribution is 0.417. The van der Waals surface area contributed by atoms with Crippen molar-refractivity contribution in [2.45, 2.75) is 0 Å². The summed E-state index contributed by atoms with van der Waals surface area (Å²) in [6, 6.07) is 7.79. The lowest BCUT2D eigenvalue weighted by atomic mass is 10.2. The number of hydrogen-bond donors (Lipinski definition) is 2. The van der Waals surface area contributed by atoms with Crippen molar-refractivity contribution in [1.29, 1.82) is 0 Å². The van der Waals surface area contributed by atoms with E-state index in [9.17, 15) is 4.39 Å². The maximum atomic E-state index is 13.2. The van der Waals surface area contributed by atoms with Gasteiger partial charge in [-0.25, -0.2) is 14.4 Å². The number of aromatic nitrogens is 2. The number of rotatable bonds is 3. The van der Waals surface area contributed by atoms with Gasteiger partial charge in [-0.15, -0.1) is 0 Å². The SMILES string of the molecule is COc1cc2ncnc(Nc3ccc(F)c(Cl)c3)c2cc1N.O. The molecule has 5 N–H and O–H groups in total. The van der Waals surface area contributed by atoms with Gasteiger partial charge in [-0.2, -0.15) is 0 Å². The molecule has 0 aliphatic rings. The molecule has 3 aromatic rings. The van der Waals surface area contributed by atoms with E-state index in [0.717, 1.165) is 5.39 Å². The monoisotopic (exact) mass is 336 g/mol. The Labute approximate surface area is 136 Å². The van der Waals surface area contributed by atoms with Gasteiger partial charge in [0.1, 0.15) is 23.7 Å². The highest BCUT2D eigenvalue weighted by Gasteiger charge is 2.09. The zero-order chi connectivity index (χ0) is 15.7. The van der Waals surface area contributed by atoms with Crippen molar-refractivity contribution in [3.05, 3.63) is 47.5 Å². The van der Waals surface area contributed by atoms with Gasteiger partial charge in [-0.05, 0) is 24.3 Å². The molecule has 0 bridgehead atoms. The standard InChI is InChI=1S/C15H12ClFN4O.H2O/c1-22-14-6-13-9(5-12(14)18)15(20-7-19-13)21-8-2-3-11(17)10(16)4-8;/h2-7H,18H2,1H3,(H,19,20,21);1H2. The van der Waals surface area contributed by atoms with Crippen LogP contribution in [0.25, 0.3) is 10.9 Å². The van der Waals surface area contributed by atoms with Gasteiger partial charge in [-0.1, -0.05) is 11.6 Å². The van der Waals surface area contributed by atoms with Gasteiger partial charge in [0.25, 0.3) is 0 Å². The summed E-state index contributed by atoms with van der Waals surface area (Å²) in [5.41, 5.74) is 7.69. The molecule has 0 saturated carbocycles. The third-order valence-electron chi connectivity index (χ3n) is 3.17. The fourth-order valence-corrected chi connectivity index (χ4v) is 2.27. The second-order valence-electron chi connectivity index (χ2n) is 4.59. The van der Waals surface area contributed by atoms with E-state index in [2.05, 4.69) is 15.3 Å². The van der Waals surface area contributed by atoms with Crippen molar-refractivity contribution in [3.63, 3.8) is 0 Å². The Morgan fingerprint density at radius 3 is 2.70 bits per heavy atom. The molecule has 3 rings (SSSR count). The van der Waals surface area contributed by atoms with Crippen LogP contribution >= 0.6 is 11.6 Å². The van der Waals surface area contributed by atoms with Gasteiger partial charge in [0.2, 0.25) is 0 Å². The van der Waals surface area contributed by atoms with E-state index >= 15 is 0 Å². The third kappa shape index (κ3) is 3.25. The maximum Gasteiger partial charge on any atom is 0.143 e. The summed E-state index contributed by atoms with van der Waals surface area (Å²) < 4.78 is 18.4. The molecule has 0 aliphatic heterocycles. The molecule has 0 radical (unpaired) electrons. The number of halogens is 2. The average Bonchev–Trinajstić information content (AvgIpc) is 2.51. The summed E-state index contributed by atoms with van der Waals surface area (Å²) in [5.74, 6) is 0.609. The minimum absolute atomic E-state index is 0. The minimum Gasteiger partial charge on any atom is -0.495 e. The van der Waals surface area contributed by atoms with Crippen LogP contribution in [-0.4, -0.2) is 22.6 Å². The molecule has 0 atom stereocenters. The molecule has 0 saturated heterocycles. The number of hydrogen-bond acceptors (Lipinski definition) is 5. The highest BCUT2D eigenvalue weighted by atomic mass is 35.5. The Kier molecular flexibility index (Phi) is 4.83. The van der Waals surface area contributed by atoms with Crippen molar-refractivity contribution in [3.8, 4) is 5.75 Å². The first-order valence-corrected chi connectivity index (χ1v) is 6.76. The molecule has 0 spiro atoms. The predicted octanol–water partition coefficient (Wildman–Crippen LogP) is 2.93. The number of methoxy groups -OCH3 is 1. The van der Waals surface area contributed by atoms with E-state index in [4.69, 9.17) is 22.1 Å². The molecule has 2 aromatic carbocycles. The predicted molar refractivity (Wildman–Crippen MR) is 88.8 cm³/mol. The smallest absolute Gasteiger partial charge is 0.143 e. The molecule has 120 valence electrons. The molecule has 23 heavy (non-hydrogen) atoms. The molecule has 1 aromatic heterocycles. The molecule has 0 aliphatic carbocycles. The van der Waals surface area contributed by atoms with Crippen LogP contribution in [0.1, 0.15) is 0 Å². The van der Waals surface area contributed by atoms with Gasteiger partial charge < -0.3 is 21.3 Å². The Balaban J connectivity index is 0.00000192. The third-order valence-corrected chi connectivity index (χ3v) is 3.46. The molecule has 8 heteroatoms. The van der Waals surface area contributed by atoms with E-state index in [1.807, 2.05) is 0 Å². The number of fused-ring (bicyclic) bond motifs is 1. The molecule has 0 unspecified atom stereocenters. The first-order valence-electron chi connectivity index (χ1n) is 6.39. The number of nitrogens with zero attached hydrogens (tertiary/aromatic N) is 2. The fraction of sp³-hybridized carbons (Fsp3) is 0.0667. The number of ether oxygens (including phenoxy) is 1. The van der Waals surface area contributed by atoms with E-state index in [1.54, 1.807) is 25.3 Å². The summed E-state index contributed by atoms with van der Waals surface area (Å²) in [5, 5.41) is 3.84. The van der Waals surface area contributed by atoms with Crippen LogP contribution in [0.5, 0.6) is 5.75 Å². The number of benzene rings is 2. The van der Waals surface area contributed by atoms with Crippen molar-refractivity contribution in [2.24, 2.45) is 0 Å². The molecule has 6 nitrogen and oxygen atoms in total. The Bertz CT molecular complexity index is 860. The molecular formula is C15H14ClFN4O2. The molecular weight excluding hydrogens is 323 g/mol. The summed E-state index contributed by atoms with van der Waals surface area (Å²) in [4.78, 5) is 8.39. The first-order chi connectivity index (χ1) is 10.6. The normalized spacial score (nSPS) is 10.2. The van der Waals surface area contributed by atoms with Crippen LogP contribution in [0.3, 0.4) is 0 Å². The second-order valence-corrected chi connectivity index (χ2v) is 4.99. The number of nitrogen functional groups attached to an aromatic ring is 1. The number of nitrogens with one attached hydrogen (secondary N) is 1. The number of anilines is 3. The second kappa shape index (κ2) is 6.64. The lowest BCUT2D eigenvalue weighted by Gasteiger charge is -2.11. The highest BCUT2D eigenvalue weighted by Crippen LogP contribution is 2.31. The molecule has 1 heterocycles. The zero-order valence-corrected chi connectivity index (χ0v) is 12.9. The van der Waals surface area contributed by atoms with Gasteiger partial charge in [0.05, 0.1) is 23.3 Å². The Morgan fingerprint density at radius 1 is 1.22 bits per heavy atom. The van der Waals surface area contributed by atoms with Crippen molar-refractivity contribution < 1.29 is 14.6 Å². The van der Waals surface area contributed by atoms with Crippen molar-refractivity contribution in [2.75, 3.05) is 18.2 Å². The molecule has 0 fully saturated rings. The average molecular weight is 337 g/mol. The van der Waals surface area contributed by atoms with Crippen LogP contribution in [-0.2, 0) is 0 Å². The zero-order valence-electron chi connectivity index (χ0n) is 12.1.